The summed E-state index contributed by atoms with van der Waals surface area (Å²) in [6.07, 6.45) is 0. The van der Waals surface area contributed by atoms with Gasteiger partial charge in [0, 0.05) is 14.1 Å². The standard InChI is InChI=1S/C9H18N4O/c1-9(2,3)6(10)7-11-8(12-14-7)13(4)5/h6H,10H2,1-5H3. The molecule has 0 bridgehead atoms. The lowest BCUT2D eigenvalue weighted by atomic mass is 9.87. The maximum absolute atomic E-state index is 5.97. The highest BCUT2D eigenvalue weighted by Gasteiger charge is 2.27. The average Bonchev–Trinajstić information content (AvgIpc) is 2.48. The third-order valence-electron chi connectivity index (χ3n) is 2.03. The SMILES string of the molecule is CN(C)c1noc(C(N)C(C)(C)C)n1. The van der Waals surface area contributed by atoms with Gasteiger partial charge in [-0.1, -0.05) is 20.8 Å². The molecule has 0 saturated heterocycles. The minimum atomic E-state index is -0.233. The molecule has 0 fully saturated rings. The molecule has 0 amide bonds. The maximum Gasteiger partial charge on any atom is 0.265 e. The Balaban J connectivity index is 2.87. The first-order valence-electron chi connectivity index (χ1n) is 4.59. The van der Waals surface area contributed by atoms with Gasteiger partial charge >= 0.3 is 0 Å². The molecule has 1 unspecified atom stereocenters. The second-order valence-electron chi connectivity index (χ2n) is 4.67. The number of rotatable bonds is 2. The van der Waals surface area contributed by atoms with Crippen molar-refractivity contribution in [3.63, 3.8) is 0 Å². The van der Waals surface area contributed by atoms with E-state index < -0.39 is 0 Å². The number of nitrogens with zero attached hydrogens (tertiary/aromatic N) is 3. The molecule has 0 spiro atoms. The molecule has 0 saturated carbocycles. The Morgan fingerprint density at radius 3 is 2.29 bits per heavy atom. The fourth-order valence-electron chi connectivity index (χ4n) is 0.905. The highest BCUT2D eigenvalue weighted by Crippen LogP contribution is 2.29. The number of nitrogens with two attached hydrogens (primary N) is 1. The molecular formula is C9H18N4O. The van der Waals surface area contributed by atoms with Gasteiger partial charge in [-0.2, -0.15) is 4.98 Å². The molecule has 5 heteroatoms. The van der Waals surface area contributed by atoms with E-state index in [4.69, 9.17) is 10.3 Å². The molecule has 0 aliphatic rings. The van der Waals surface area contributed by atoms with Gasteiger partial charge in [-0.05, 0) is 10.6 Å². The van der Waals surface area contributed by atoms with Crippen LogP contribution in [0.5, 0.6) is 0 Å². The average molecular weight is 198 g/mol. The molecule has 80 valence electrons. The van der Waals surface area contributed by atoms with Crippen LogP contribution in [0, 0.1) is 5.41 Å². The normalized spacial score (nSPS) is 14.1. The van der Waals surface area contributed by atoms with Crippen LogP contribution in [0.15, 0.2) is 4.52 Å². The molecule has 14 heavy (non-hydrogen) atoms. The summed E-state index contributed by atoms with van der Waals surface area (Å²) in [5, 5.41) is 3.81. The van der Waals surface area contributed by atoms with E-state index in [0.717, 1.165) is 0 Å². The van der Waals surface area contributed by atoms with E-state index in [1.807, 2.05) is 34.9 Å². The Labute approximate surface area is 84.3 Å². The first kappa shape index (κ1) is 11.0. The van der Waals surface area contributed by atoms with Gasteiger partial charge in [0.15, 0.2) is 0 Å². The van der Waals surface area contributed by atoms with Crippen LogP contribution in [-0.2, 0) is 0 Å². The zero-order valence-corrected chi connectivity index (χ0v) is 9.40. The van der Waals surface area contributed by atoms with Crippen LogP contribution >= 0.6 is 0 Å². The zero-order valence-electron chi connectivity index (χ0n) is 9.40. The predicted molar refractivity (Wildman–Crippen MR) is 55.0 cm³/mol. The Hall–Kier alpha value is -1.10. The summed E-state index contributed by atoms with van der Waals surface area (Å²) in [4.78, 5) is 5.98. The quantitative estimate of drug-likeness (QED) is 0.772. The summed E-state index contributed by atoms with van der Waals surface area (Å²) in [7, 11) is 3.72. The van der Waals surface area contributed by atoms with Crippen molar-refractivity contribution in [3.8, 4) is 0 Å². The van der Waals surface area contributed by atoms with Gasteiger partial charge in [0.1, 0.15) is 0 Å². The molecule has 5 nitrogen and oxygen atoms in total. The fourth-order valence-corrected chi connectivity index (χ4v) is 0.905. The molecule has 1 aromatic heterocycles. The summed E-state index contributed by atoms with van der Waals surface area (Å²) < 4.78 is 5.09. The summed E-state index contributed by atoms with van der Waals surface area (Å²) >= 11 is 0. The van der Waals surface area contributed by atoms with Crippen LogP contribution in [0.4, 0.5) is 5.95 Å². The number of anilines is 1. The van der Waals surface area contributed by atoms with Gasteiger partial charge < -0.3 is 15.2 Å². The van der Waals surface area contributed by atoms with Crippen molar-refractivity contribution < 1.29 is 4.52 Å². The van der Waals surface area contributed by atoms with Crippen molar-refractivity contribution in [3.05, 3.63) is 5.89 Å². The van der Waals surface area contributed by atoms with Gasteiger partial charge in [0.2, 0.25) is 5.89 Å². The lowest BCUT2D eigenvalue weighted by Crippen LogP contribution is -2.26. The third kappa shape index (κ3) is 2.23. The number of aromatic nitrogens is 2. The minimum Gasteiger partial charge on any atom is -0.344 e. The second-order valence-corrected chi connectivity index (χ2v) is 4.67. The molecule has 0 radical (unpaired) electrons. The van der Waals surface area contributed by atoms with Crippen LogP contribution in [0.25, 0.3) is 0 Å². The van der Waals surface area contributed by atoms with Crippen molar-refractivity contribution in [1.29, 1.82) is 0 Å². The largest absolute Gasteiger partial charge is 0.344 e. The molecular weight excluding hydrogens is 180 g/mol. The summed E-state index contributed by atoms with van der Waals surface area (Å²) in [6.45, 7) is 6.12. The highest BCUT2D eigenvalue weighted by molar-refractivity contribution is 5.24. The van der Waals surface area contributed by atoms with E-state index in [2.05, 4.69) is 10.1 Å². The van der Waals surface area contributed by atoms with Crippen LogP contribution < -0.4 is 10.6 Å². The number of hydrogen-bond donors (Lipinski definition) is 1. The van der Waals surface area contributed by atoms with Crippen LogP contribution in [-0.4, -0.2) is 24.2 Å². The second kappa shape index (κ2) is 3.57. The van der Waals surface area contributed by atoms with E-state index in [1.165, 1.54) is 0 Å². The van der Waals surface area contributed by atoms with Crippen molar-refractivity contribution in [1.82, 2.24) is 10.1 Å². The molecule has 0 aromatic carbocycles. The van der Waals surface area contributed by atoms with Crippen molar-refractivity contribution in [2.75, 3.05) is 19.0 Å². The van der Waals surface area contributed by atoms with E-state index >= 15 is 0 Å². The van der Waals surface area contributed by atoms with E-state index in [9.17, 15) is 0 Å². The molecule has 1 atom stereocenters. The van der Waals surface area contributed by atoms with Crippen LogP contribution in [0.1, 0.15) is 32.7 Å². The van der Waals surface area contributed by atoms with Gasteiger partial charge in [-0.15, -0.1) is 0 Å². The lowest BCUT2D eigenvalue weighted by molar-refractivity contribution is 0.253. The fraction of sp³-hybridized carbons (Fsp3) is 0.778. The Kier molecular flexibility index (Phi) is 2.80. The molecule has 2 N–H and O–H groups in total. The first-order valence-corrected chi connectivity index (χ1v) is 4.59. The monoisotopic (exact) mass is 198 g/mol. The molecule has 0 aliphatic carbocycles. The van der Waals surface area contributed by atoms with Crippen molar-refractivity contribution in [2.24, 2.45) is 11.1 Å². The zero-order chi connectivity index (χ0) is 10.9. The smallest absolute Gasteiger partial charge is 0.265 e. The Morgan fingerprint density at radius 1 is 1.36 bits per heavy atom. The summed E-state index contributed by atoms with van der Waals surface area (Å²) in [5.41, 5.74) is 5.90. The minimum absolute atomic E-state index is 0.0733. The predicted octanol–water partition coefficient (Wildman–Crippen LogP) is 1.18. The van der Waals surface area contributed by atoms with Gasteiger partial charge in [0.25, 0.3) is 5.95 Å². The molecule has 1 rings (SSSR count). The van der Waals surface area contributed by atoms with Crippen LogP contribution in [0.3, 0.4) is 0 Å². The third-order valence-corrected chi connectivity index (χ3v) is 2.03. The summed E-state index contributed by atoms with van der Waals surface area (Å²) in [5.74, 6) is 1.04. The Bertz CT molecular complexity index is 300. The van der Waals surface area contributed by atoms with Gasteiger partial charge in [-0.3, -0.25) is 0 Å². The van der Waals surface area contributed by atoms with Crippen molar-refractivity contribution >= 4 is 5.95 Å². The van der Waals surface area contributed by atoms with E-state index in [1.54, 1.807) is 4.90 Å². The van der Waals surface area contributed by atoms with E-state index in [0.29, 0.717) is 11.8 Å². The molecule has 1 aromatic rings. The molecule has 1 heterocycles. The maximum atomic E-state index is 5.97. The van der Waals surface area contributed by atoms with Gasteiger partial charge in [-0.25, -0.2) is 0 Å². The van der Waals surface area contributed by atoms with Gasteiger partial charge in [0.05, 0.1) is 6.04 Å². The number of hydrogen-bond acceptors (Lipinski definition) is 5. The topological polar surface area (TPSA) is 68.2 Å². The molecule has 0 aliphatic heterocycles. The van der Waals surface area contributed by atoms with Crippen molar-refractivity contribution in [2.45, 2.75) is 26.8 Å². The lowest BCUT2D eigenvalue weighted by Gasteiger charge is -2.23. The van der Waals surface area contributed by atoms with E-state index in [-0.39, 0.29) is 11.5 Å². The van der Waals surface area contributed by atoms with Crippen LogP contribution in [0.2, 0.25) is 0 Å². The first-order chi connectivity index (χ1) is 6.32. The highest BCUT2D eigenvalue weighted by atomic mass is 16.5. The summed E-state index contributed by atoms with van der Waals surface area (Å²) in [6, 6.07) is -0.233. The Morgan fingerprint density at radius 2 is 1.93 bits per heavy atom.